The average Bonchev–Trinajstić information content (AvgIpc) is 2.86. The summed E-state index contributed by atoms with van der Waals surface area (Å²) >= 11 is 0. The van der Waals surface area contributed by atoms with Gasteiger partial charge in [0, 0.05) is 11.3 Å². The van der Waals surface area contributed by atoms with E-state index in [1.54, 1.807) is 6.20 Å². The summed E-state index contributed by atoms with van der Waals surface area (Å²) in [4.78, 5) is 22.5. The summed E-state index contributed by atoms with van der Waals surface area (Å²) in [5.74, 6) is 1.71. The third-order valence-corrected chi connectivity index (χ3v) is 6.79. The normalized spacial score (nSPS) is 12.8. The summed E-state index contributed by atoms with van der Waals surface area (Å²) in [6.45, 7) is 8.83. The molecule has 0 spiro atoms. The monoisotopic (exact) mass is 472 g/mol. The van der Waals surface area contributed by atoms with Gasteiger partial charge in [0.2, 0.25) is 5.91 Å². The minimum atomic E-state index is -0.0740. The molecule has 0 bridgehead atoms. The van der Waals surface area contributed by atoms with Crippen molar-refractivity contribution in [3.05, 3.63) is 71.5 Å². The van der Waals surface area contributed by atoms with E-state index in [9.17, 15) is 4.79 Å². The summed E-state index contributed by atoms with van der Waals surface area (Å²) in [5.41, 5.74) is 11.4. The smallest absolute Gasteiger partial charge is 0.229 e. The molecule has 2 atom stereocenters. The molecule has 2 unspecified atom stereocenters. The van der Waals surface area contributed by atoms with Crippen molar-refractivity contribution in [2.45, 2.75) is 72.6 Å². The summed E-state index contributed by atoms with van der Waals surface area (Å²) in [6.07, 6.45) is 8.76. The van der Waals surface area contributed by atoms with E-state index in [0.717, 1.165) is 47.0 Å². The quantitative estimate of drug-likeness (QED) is 0.278. The molecule has 35 heavy (non-hydrogen) atoms. The zero-order chi connectivity index (χ0) is 25.2. The molecule has 3 aromatic rings. The Labute approximate surface area is 210 Å². The van der Waals surface area contributed by atoms with Crippen LogP contribution in [0, 0.1) is 18.8 Å². The molecule has 1 aromatic heterocycles. The number of hydrogen-bond acceptors (Lipinski definition) is 4. The Morgan fingerprint density at radius 1 is 0.971 bits per heavy atom. The Kier molecular flexibility index (Phi) is 9.83. The van der Waals surface area contributed by atoms with Crippen LogP contribution in [0.2, 0.25) is 0 Å². The molecule has 0 aliphatic carbocycles. The van der Waals surface area contributed by atoms with Crippen LogP contribution in [-0.2, 0) is 17.6 Å². The summed E-state index contributed by atoms with van der Waals surface area (Å²) < 4.78 is 0. The molecule has 0 radical (unpaired) electrons. The summed E-state index contributed by atoms with van der Waals surface area (Å²) in [6, 6.07) is 15.7. The van der Waals surface area contributed by atoms with Gasteiger partial charge in [-0.3, -0.25) is 4.79 Å². The SMILES string of the molecule is CCCC(CC)CC(CC)Cc1nc(-c2ccc(N)cc2)cnc1NC(=O)Cc1ccc(C)cc1. The van der Waals surface area contributed by atoms with Crippen LogP contribution in [0.15, 0.2) is 54.7 Å². The third-order valence-electron chi connectivity index (χ3n) is 6.79. The Hall–Kier alpha value is -3.21. The van der Waals surface area contributed by atoms with Crippen LogP contribution in [0.1, 0.15) is 69.7 Å². The lowest BCUT2D eigenvalue weighted by Gasteiger charge is -2.22. The number of aryl methyl sites for hydroxylation is 1. The van der Waals surface area contributed by atoms with Gasteiger partial charge in [0.05, 0.1) is 24.0 Å². The lowest BCUT2D eigenvalue weighted by atomic mass is 9.85. The van der Waals surface area contributed by atoms with Crippen LogP contribution in [0.5, 0.6) is 0 Å². The highest BCUT2D eigenvalue weighted by atomic mass is 16.1. The number of hydrogen-bond donors (Lipinski definition) is 2. The van der Waals surface area contributed by atoms with Crippen molar-refractivity contribution in [3.8, 4) is 11.3 Å². The van der Waals surface area contributed by atoms with E-state index in [-0.39, 0.29) is 5.91 Å². The molecule has 2 aromatic carbocycles. The van der Waals surface area contributed by atoms with Crippen molar-refractivity contribution < 1.29 is 4.79 Å². The van der Waals surface area contributed by atoms with Crippen LogP contribution in [0.4, 0.5) is 11.5 Å². The first-order valence-electron chi connectivity index (χ1n) is 13.0. The molecule has 1 amide bonds. The molecule has 0 fully saturated rings. The number of nitrogens with zero attached hydrogens (tertiary/aromatic N) is 2. The van der Waals surface area contributed by atoms with Gasteiger partial charge in [0.25, 0.3) is 0 Å². The molecule has 186 valence electrons. The fraction of sp³-hybridized carbons (Fsp3) is 0.433. The number of anilines is 2. The predicted molar refractivity (Wildman–Crippen MR) is 146 cm³/mol. The molecule has 1 heterocycles. The first kappa shape index (κ1) is 26.4. The molecule has 0 aliphatic rings. The van der Waals surface area contributed by atoms with Crippen LogP contribution >= 0.6 is 0 Å². The fourth-order valence-corrected chi connectivity index (χ4v) is 4.57. The molecule has 3 N–H and O–H groups in total. The van der Waals surface area contributed by atoms with E-state index in [1.807, 2.05) is 55.5 Å². The maximum absolute atomic E-state index is 12.9. The van der Waals surface area contributed by atoms with E-state index in [4.69, 9.17) is 10.7 Å². The summed E-state index contributed by atoms with van der Waals surface area (Å²) in [5, 5.41) is 3.05. The lowest BCUT2D eigenvalue weighted by molar-refractivity contribution is -0.115. The standard InChI is InChI=1S/C30H40N4O/c1-5-8-22(6-2)17-23(7-3)18-27-30(34-29(35)19-24-11-9-21(4)10-12-24)32-20-28(33-27)25-13-15-26(31)16-14-25/h9-16,20,22-23H,5-8,17-19,31H2,1-4H3,(H,32,34,35). The van der Waals surface area contributed by atoms with Gasteiger partial charge >= 0.3 is 0 Å². The second-order valence-corrected chi connectivity index (χ2v) is 9.66. The van der Waals surface area contributed by atoms with Crippen molar-refractivity contribution in [3.63, 3.8) is 0 Å². The maximum Gasteiger partial charge on any atom is 0.229 e. The highest BCUT2D eigenvalue weighted by Crippen LogP contribution is 2.28. The van der Waals surface area contributed by atoms with Gasteiger partial charge in [0.15, 0.2) is 5.82 Å². The molecule has 3 rings (SSSR count). The zero-order valence-corrected chi connectivity index (χ0v) is 21.7. The molecule has 0 aliphatic heterocycles. The van der Waals surface area contributed by atoms with Crippen molar-refractivity contribution in [2.75, 3.05) is 11.1 Å². The zero-order valence-electron chi connectivity index (χ0n) is 21.7. The van der Waals surface area contributed by atoms with Crippen LogP contribution in [-0.4, -0.2) is 15.9 Å². The minimum Gasteiger partial charge on any atom is -0.399 e. The Morgan fingerprint density at radius 3 is 2.29 bits per heavy atom. The molecule has 0 saturated heterocycles. The minimum absolute atomic E-state index is 0.0740. The highest BCUT2D eigenvalue weighted by molar-refractivity contribution is 5.92. The number of amides is 1. The number of rotatable bonds is 12. The topological polar surface area (TPSA) is 80.9 Å². The molecular formula is C30H40N4O. The molecule has 0 saturated carbocycles. The number of benzene rings is 2. The number of nitrogens with one attached hydrogen (secondary N) is 1. The predicted octanol–water partition coefficient (Wildman–Crippen LogP) is 7.00. The number of aromatic nitrogens is 2. The Bertz CT molecular complexity index is 1080. The second-order valence-electron chi connectivity index (χ2n) is 9.66. The lowest BCUT2D eigenvalue weighted by Crippen LogP contribution is -2.19. The largest absolute Gasteiger partial charge is 0.399 e. The molecule has 5 nitrogen and oxygen atoms in total. The average molecular weight is 473 g/mol. The highest BCUT2D eigenvalue weighted by Gasteiger charge is 2.19. The van der Waals surface area contributed by atoms with Gasteiger partial charge < -0.3 is 11.1 Å². The fourth-order valence-electron chi connectivity index (χ4n) is 4.57. The van der Waals surface area contributed by atoms with E-state index < -0.39 is 0 Å². The van der Waals surface area contributed by atoms with E-state index in [1.165, 1.54) is 31.2 Å². The van der Waals surface area contributed by atoms with Crippen LogP contribution < -0.4 is 11.1 Å². The van der Waals surface area contributed by atoms with E-state index in [2.05, 4.69) is 31.1 Å². The number of carbonyl (C=O) groups is 1. The van der Waals surface area contributed by atoms with Crippen LogP contribution in [0.25, 0.3) is 11.3 Å². The maximum atomic E-state index is 12.9. The number of nitrogens with two attached hydrogens (primary N) is 1. The van der Waals surface area contributed by atoms with Crippen LogP contribution in [0.3, 0.4) is 0 Å². The van der Waals surface area contributed by atoms with Gasteiger partial charge in [0.1, 0.15) is 0 Å². The van der Waals surface area contributed by atoms with Gasteiger partial charge in [-0.2, -0.15) is 0 Å². The van der Waals surface area contributed by atoms with Crippen molar-refractivity contribution >= 4 is 17.4 Å². The number of carbonyl (C=O) groups excluding carboxylic acids is 1. The Balaban J connectivity index is 1.85. The van der Waals surface area contributed by atoms with Gasteiger partial charge in [-0.1, -0.05) is 88.4 Å². The first-order valence-corrected chi connectivity index (χ1v) is 13.0. The van der Waals surface area contributed by atoms with E-state index >= 15 is 0 Å². The molecule has 5 heteroatoms. The van der Waals surface area contributed by atoms with Crippen molar-refractivity contribution in [1.82, 2.24) is 9.97 Å². The second kappa shape index (κ2) is 13.0. The van der Waals surface area contributed by atoms with Gasteiger partial charge in [-0.15, -0.1) is 0 Å². The summed E-state index contributed by atoms with van der Waals surface area (Å²) in [7, 11) is 0. The Morgan fingerprint density at radius 2 is 1.66 bits per heavy atom. The van der Waals surface area contributed by atoms with E-state index in [0.29, 0.717) is 18.2 Å². The van der Waals surface area contributed by atoms with Gasteiger partial charge in [-0.25, -0.2) is 9.97 Å². The molecular weight excluding hydrogens is 432 g/mol. The van der Waals surface area contributed by atoms with Crippen molar-refractivity contribution in [1.29, 1.82) is 0 Å². The third kappa shape index (κ3) is 7.91. The number of nitrogen functional groups attached to an aromatic ring is 1. The van der Waals surface area contributed by atoms with Crippen molar-refractivity contribution in [2.24, 2.45) is 11.8 Å². The first-order chi connectivity index (χ1) is 16.9. The van der Waals surface area contributed by atoms with Gasteiger partial charge in [-0.05, 0) is 49.3 Å².